The molecule has 1 aliphatic rings. The number of nitrogens with one attached hydrogen (secondary N) is 1. The molecule has 0 bridgehead atoms. The molecule has 0 aliphatic heterocycles. The van der Waals surface area contributed by atoms with E-state index in [4.69, 9.17) is 0 Å². The van der Waals surface area contributed by atoms with Gasteiger partial charge in [0.2, 0.25) is 0 Å². The second-order valence-corrected chi connectivity index (χ2v) is 6.91. The smallest absolute Gasteiger partial charge is 0.0124 e. The maximum Gasteiger partial charge on any atom is 0.0124 e. The molecular weight excluding hydrogens is 206 g/mol. The van der Waals surface area contributed by atoms with Crippen LogP contribution < -0.4 is 5.32 Å². The third kappa shape index (κ3) is 3.47. The summed E-state index contributed by atoms with van der Waals surface area (Å²) in [5.41, 5.74) is 0. The van der Waals surface area contributed by atoms with E-state index in [1.807, 2.05) is 0 Å². The molecule has 1 nitrogen and oxygen atoms in total. The normalized spacial score (nSPS) is 39.0. The lowest BCUT2D eigenvalue weighted by Crippen LogP contribution is -2.52. The van der Waals surface area contributed by atoms with E-state index in [-0.39, 0.29) is 0 Å². The van der Waals surface area contributed by atoms with Crippen molar-refractivity contribution in [3.05, 3.63) is 0 Å². The van der Waals surface area contributed by atoms with Crippen molar-refractivity contribution in [2.24, 2.45) is 29.6 Å². The Labute approximate surface area is 109 Å². The molecule has 0 spiro atoms. The predicted molar refractivity (Wildman–Crippen MR) is 77.1 cm³/mol. The fourth-order valence-electron chi connectivity index (χ4n) is 4.26. The highest BCUT2D eigenvalue weighted by Gasteiger charge is 2.41. The van der Waals surface area contributed by atoms with Crippen LogP contribution in [0.15, 0.2) is 0 Å². The van der Waals surface area contributed by atoms with Gasteiger partial charge in [-0.25, -0.2) is 0 Å². The molecule has 1 heteroatoms. The first-order valence-electron chi connectivity index (χ1n) is 7.64. The second kappa shape index (κ2) is 6.22. The molecule has 0 radical (unpaired) electrons. The van der Waals surface area contributed by atoms with Crippen LogP contribution in [0.3, 0.4) is 0 Å². The topological polar surface area (TPSA) is 12.0 Å². The van der Waals surface area contributed by atoms with E-state index >= 15 is 0 Å². The predicted octanol–water partition coefficient (Wildman–Crippen LogP) is 4.33. The summed E-state index contributed by atoms with van der Waals surface area (Å²) in [6.07, 6.45) is 2.76. The molecule has 102 valence electrons. The minimum atomic E-state index is 0.607. The van der Waals surface area contributed by atoms with Gasteiger partial charge in [-0.15, -0.1) is 0 Å². The van der Waals surface area contributed by atoms with Gasteiger partial charge in [0.1, 0.15) is 0 Å². The van der Waals surface area contributed by atoms with Crippen LogP contribution in [-0.2, 0) is 0 Å². The van der Waals surface area contributed by atoms with Crippen LogP contribution in [0.5, 0.6) is 0 Å². The average molecular weight is 239 g/mol. The molecular formula is C16H33N. The standard InChI is InChI=1S/C16H33N/c1-8-14-9-12(6)16(17-11(4)5)13(7)15(14)10(2)3/h10-17H,8-9H2,1-7H3. The number of hydrogen-bond acceptors (Lipinski definition) is 1. The Hall–Kier alpha value is -0.0400. The summed E-state index contributed by atoms with van der Waals surface area (Å²) in [4.78, 5) is 0. The van der Waals surface area contributed by atoms with E-state index in [0.717, 1.165) is 29.6 Å². The van der Waals surface area contributed by atoms with Gasteiger partial charge in [-0.2, -0.15) is 0 Å². The zero-order chi connectivity index (χ0) is 13.2. The maximum atomic E-state index is 3.81. The quantitative estimate of drug-likeness (QED) is 0.770. The maximum absolute atomic E-state index is 3.81. The lowest BCUT2D eigenvalue weighted by atomic mass is 9.61. The largest absolute Gasteiger partial charge is 0.311 e. The average Bonchev–Trinajstić information content (AvgIpc) is 2.22. The molecule has 0 aromatic carbocycles. The van der Waals surface area contributed by atoms with Gasteiger partial charge in [0.05, 0.1) is 0 Å². The third-order valence-corrected chi connectivity index (χ3v) is 4.83. The SMILES string of the molecule is CCC1CC(C)C(NC(C)C)C(C)C1C(C)C. The lowest BCUT2D eigenvalue weighted by Gasteiger charge is -2.48. The van der Waals surface area contributed by atoms with Gasteiger partial charge in [0.15, 0.2) is 0 Å². The van der Waals surface area contributed by atoms with Crippen LogP contribution >= 0.6 is 0 Å². The van der Waals surface area contributed by atoms with Crippen molar-refractivity contribution in [2.75, 3.05) is 0 Å². The molecule has 1 saturated carbocycles. The first-order chi connectivity index (χ1) is 7.88. The summed E-state index contributed by atoms with van der Waals surface area (Å²) in [7, 11) is 0. The molecule has 1 N–H and O–H groups in total. The van der Waals surface area contributed by atoms with Crippen molar-refractivity contribution in [3.63, 3.8) is 0 Å². The summed E-state index contributed by atoms with van der Waals surface area (Å²) in [6.45, 7) is 16.7. The van der Waals surface area contributed by atoms with Gasteiger partial charge in [0.25, 0.3) is 0 Å². The molecule has 17 heavy (non-hydrogen) atoms. The van der Waals surface area contributed by atoms with Gasteiger partial charge in [-0.05, 0) is 36.0 Å². The second-order valence-electron chi connectivity index (χ2n) is 6.91. The monoisotopic (exact) mass is 239 g/mol. The van der Waals surface area contributed by atoms with Gasteiger partial charge >= 0.3 is 0 Å². The first-order valence-corrected chi connectivity index (χ1v) is 7.64. The summed E-state index contributed by atoms with van der Waals surface area (Å²) in [5.74, 6) is 4.29. The van der Waals surface area contributed by atoms with Crippen molar-refractivity contribution in [3.8, 4) is 0 Å². The molecule has 5 unspecified atom stereocenters. The molecule has 0 heterocycles. The van der Waals surface area contributed by atoms with Gasteiger partial charge in [-0.3, -0.25) is 0 Å². The zero-order valence-electron chi connectivity index (χ0n) is 13.0. The third-order valence-electron chi connectivity index (χ3n) is 4.83. The highest BCUT2D eigenvalue weighted by Crippen LogP contribution is 2.43. The highest BCUT2D eigenvalue weighted by atomic mass is 15.0. The first kappa shape index (κ1) is 15.0. The fourth-order valence-corrected chi connectivity index (χ4v) is 4.26. The van der Waals surface area contributed by atoms with E-state index < -0.39 is 0 Å². The molecule has 1 rings (SSSR count). The Morgan fingerprint density at radius 3 is 2.12 bits per heavy atom. The van der Waals surface area contributed by atoms with E-state index in [2.05, 4.69) is 53.8 Å². The van der Waals surface area contributed by atoms with Crippen LogP contribution in [-0.4, -0.2) is 12.1 Å². The van der Waals surface area contributed by atoms with E-state index in [9.17, 15) is 0 Å². The van der Waals surface area contributed by atoms with Gasteiger partial charge in [0, 0.05) is 12.1 Å². The van der Waals surface area contributed by atoms with E-state index in [1.165, 1.54) is 12.8 Å². The lowest BCUT2D eigenvalue weighted by molar-refractivity contribution is 0.0427. The van der Waals surface area contributed by atoms with Crippen molar-refractivity contribution in [1.29, 1.82) is 0 Å². The Morgan fingerprint density at radius 1 is 1.12 bits per heavy atom. The molecule has 1 fully saturated rings. The van der Waals surface area contributed by atoms with Crippen LogP contribution in [0.4, 0.5) is 0 Å². The van der Waals surface area contributed by atoms with Crippen molar-refractivity contribution < 1.29 is 0 Å². The number of hydrogen-bond donors (Lipinski definition) is 1. The van der Waals surface area contributed by atoms with Crippen molar-refractivity contribution in [1.82, 2.24) is 5.32 Å². The van der Waals surface area contributed by atoms with Crippen LogP contribution in [0, 0.1) is 29.6 Å². The Balaban J connectivity index is 2.82. The number of rotatable bonds is 4. The Morgan fingerprint density at radius 2 is 1.71 bits per heavy atom. The Kier molecular flexibility index (Phi) is 5.50. The molecule has 1 aliphatic carbocycles. The molecule has 0 aromatic heterocycles. The van der Waals surface area contributed by atoms with Crippen LogP contribution in [0.25, 0.3) is 0 Å². The van der Waals surface area contributed by atoms with Crippen molar-refractivity contribution in [2.45, 2.75) is 73.4 Å². The van der Waals surface area contributed by atoms with Crippen LogP contribution in [0.1, 0.15) is 61.3 Å². The molecule has 0 amide bonds. The van der Waals surface area contributed by atoms with E-state index in [1.54, 1.807) is 0 Å². The molecule has 0 aromatic rings. The van der Waals surface area contributed by atoms with Crippen LogP contribution in [0.2, 0.25) is 0 Å². The summed E-state index contributed by atoms with van der Waals surface area (Å²) < 4.78 is 0. The van der Waals surface area contributed by atoms with Gasteiger partial charge < -0.3 is 5.32 Å². The summed E-state index contributed by atoms with van der Waals surface area (Å²) in [6, 6.07) is 1.32. The molecule has 5 atom stereocenters. The highest BCUT2D eigenvalue weighted by molar-refractivity contribution is 4.93. The fraction of sp³-hybridized carbons (Fsp3) is 1.00. The Bertz CT molecular complexity index is 222. The van der Waals surface area contributed by atoms with Crippen molar-refractivity contribution >= 4 is 0 Å². The summed E-state index contributed by atoms with van der Waals surface area (Å²) >= 11 is 0. The minimum absolute atomic E-state index is 0.607. The van der Waals surface area contributed by atoms with E-state index in [0.29, 0.717) is 12.1 Å². The zero-order valence-corrected chi connectivity index (χ0v) is 13.0. The summed E-state index contributed by atoms with van der Waals surface area (Å²) in [5, 5.41) is 3.81. The molecule has 0 saturated heterocycles. The minimum Gasteiger partial charge on any atom is -0.311 e. The van der Waals surface area contributed by atoms with Gasteiger partial charge in [-0.1, -0.05) is 54.9 Å².